The van der Waals surface area contributed by atoms with Crippen molar-refractivity contribution in [3.8, 4) is 0 Å². The lowest BCUT2D eigenvalue weighted by molar-refractivity contribution is 0.111. The summed E-state index contributed by atoms with van der Waals surface area (Å²) in [6, 6.07) is 2.03. The first-order chi connectivity index (χ1) is 5.29. The highest BCUT2D eigenvalue weighted by molar-refractivity contribution is 5.71. The number of rotatable bonds is 3. The van der Waals surface area contributed by atoms with E-state index < -0.39 is 0 Å². The van der Waals surface area contributed by atoms with E-state index in [1.165, 1.54) is 0 Å². The number of hydrogen-bond acceptors (Lipinski definition) is 2. The summed E-state index contributed by atoms with van der Waals surface area (Å²) in [6.45, 7) is 4.11. The molecule has 60 valence electrons. The topological polar surface area (TPSA) is 34.9 Å². The molecule has 0 aliphatic carbocycles. The van der Waals surface area contributed by atoms with Gasteiger partial charge in [-0.1, -0.05) is 6.92 Å². The fraction of sp³-hybridized carbons (Fsp3) is 0.500. The lowest BCUT2D eigenvalue weighted by atomic mass is 10.2. The van der Waals surface area contributed by atoms with E-state index in [-0.39, 0.29) is 0 Å². The fourth-order valence-electron chi connectivity index (χ4n) is 0.959. The van der Waals surface area contributed by atoms with Crippen molar-refractivity contribution in [2.24, 2.45) is 0 Å². The number of hydrogen-bond donors (Lipinski definition) is 0. The van der Waals surface area contributed by atoms with Crippen LogP contribution in [-0.2, 0) is 0 Å². The standard InChI is InChI=1S/C8H12N2O/c1-3-7(2)10-8(6-11)4-5-9-10/h4-7H,3H2,1-2H3. The normalized spacial score (nSPS) is 12.9. The van der Waals surface area contributed by atoms with Gasteiger partial charge >= 0.3 is 0 Å². The van der Waals surface area contributed by atoms with Gasteiger partial charge in [-0.2, -0.15) is 5.10 Å². The van der Waals surface area contributed by atoms with Gasteiger partial charge in [0.1, 0.15) is 5.69 Å². The van der Waals surface area contributed by atoms with Crippen LogP contribution in [0, 0.1) is 0 Å². The molecule has 0 spiro atoms. The van der Waals surface area contributed by atoms with E-state index in [9.17, 15) is 4.79 Å². The summed E-state index contributed by atoms with van der Waals surface area (Å²) in [4.78, 5) is 10.4. The SMILES string of the molecule is CCC(C)n1nccc1C=O. The zero-order valence-electron chi connectivity index (χ0n) is 6.82. The molecule has 0 radical (unpaired) electrons. The van der Waals surface area contributed by atoms with Crippen molar-refractivity contribution >= 4 is 6.29 Å². The molecule has 3 heteroatoms. The van der Waals surface area contributed by atoms with Crippen LogP contribution < -0.4 is 0 Å². The number of carbonyl (C=O) groups is 1. The minimum absolute atomic E-state index is 0.310. The molecule has 1 atom stereocenters. The first-order valence-electron chi connectivity index (χ1n) is 3.78. The molecular weight excluding hydrogens is 140 g/mol. The first-order valence-corrected chi connectivity index (χ1v) is 3.78. The summed E-state index contributed by atoms with van der Waals surface area (Å²) in [5.41, 5.74) is 0.652. The number of aldehydes is 1. The second-order valence-electron chi connectivity index (χ2n) is 2.58. The molecule has 3 nitrogen and oxygen atoms in total. The smallest absolute Gasteiger partial charge is 0.168 e. The van der Waals surface area contributed by atoms with Gasteiger partial charge in [-0.05, 0) is 19.4 Å². The molecule has 0 aliphatic heterocycles. The molecule has 0 aliphatic rings. The Morgan fingerprint density at radius 2 is 2.55 bits per heavy atom. The molecule has 0 aromatic carbocycles. The van der Waals surface area contributed by atoms with Crippen LogP contribution in [0.5, 0.6) is 0 Å². The van der Waals surface area contributed by atoms with Crippen molar-refractivity contribution in [3.63, 3.8) is 0 Å². The van der Waals surface area contributed by atoms with Gasteiger partial charge < -0.3 is 0 Å². The molecule has 1 unspecified atom stereocenters. The van der Waals surface area contributed by atoms with Crippen LogP contribution in [0.2, 0.25) is 0 Å². The van der Waals surface area contributed by atoms with E-state index in [1.54, 1.807) is 16.9 Å². The van der Waals surface area contributed by atoms with E-state index in [2.05, 4.69) is 12.0 Å². The van der Waals surface area contributed by atoms with Crippen LogP contribution >= 0.6 is 0 Å². The Morgan fingerprint density at radius 3 is 3.09 bits per heavy atom. The van der Waals surface area contributed by atoms with Gasteiger partial charge in [0, 0.05) is 12.2 Å². The van der Waals surface area contributed by atoms with Crippen molar-refractivity contribution < 1.29 is 4.79 Å². The minimum Gasteiger partial charge on any atom is -0.296 e. The molecule has 1 aromatic rings. The summed E-state index contributed by atoms with van der Waals surface area (Å²) in [5, 5.41) is 4.04. The molecule has 11 heavy (non-hydrogen) atoms. The highest BCUT2D eigenvalue weighted by atomic mass is 16.1. The number of nitrogens with zero attached hydrogens (tertiary/aromatic N) is 2. The highest BCUT2D eigenvalue weighted by Gasteiger charge is 2.05. The van der Waals surface area contributed by atoms with Crippen LogP contribution in [0.1, 0.15) is 36.8 Å². The second kappa shape index (κ2) is 3.32. The Balaban J connectivity index is 2.92. The molecule has 1 aromatic heterocycles. The van der Waals surface area contributed by atoms with Crippen molar-refractivity contribution in [2.45, 2.75) is 26.3 Å². The zero-order chi connectivity index (χ0) is 8.27. The third-order valence-corrected chi connectivity index (χ3v) is 1.83. The lowest BCUT2D eigenvalue weighted by Gasteiger charge is -2.09. The van der Waals surface area contributed by atoms with Gasteiger partial charge in [-0.3, -0.25) is 9.48 Å². The zero-order valence-corrected chi connectivity index (χ0v) is 6.82. The van der Waals surface area contributed by atoms with Gasteiger partial charge in [0.2, 0.25) is 0 Å². The largest absolute Gasteiger partial charge is 0.296 e. The van der Waals surface area contributed by atoms with Gasteiger partial charge in [0.05, 0.1) is 0 Å². The predicted molar refractivity (Wildman–Crippen MR) is 42.6 cm³/mol. The molecule has 0 N–H and O–H groups in total. The summed E-state index contributed by atoms with van der Waals surface area (Å²) in [5.74, 6) is 0. The van der Waals surface area contributed by atoms with E-state index in [4.69, 9.17) is 0 Å². The van der Waals surface area contributed by atoms with Crippen LogP contribution in [0.25, 0.3) is 0 Å². The molecule has 1 heterocycles. The van der Waals surface area contributed by atoms with Gasteiger partial charge in [0.15, 0.2) is 6.29 Å². The van der Waals surface area contributed by atoms with E-state index in [1.807, 2.05) is 6.92 Å². The van der Waals surface area contributed by atoms with E-state index in [0.29, 0.717) is 11.7 Å². The molecule has 0 amide bonds. The van der Waals surface area contributed by atoms with Crippen LogP contribution in [-0.4, -0.2) is 16.1 Å². The van der Waals surface area contributed by atoms with Gasteiger partial charge in [-0.25, -0.2) is 0 Å². The maximum Gasteiger partial charge on any atom is 0.168 e. The molecule has 0 saturated carbocycles. The maximum absolute atomic E-state index is 10.4. The quantitative estimate of drug-likeness (QED) is 0.617. The van der Waals surface area contributed by atoms with Crippen molar-refractivity contribution in [1.82, 2.24) is 9.78 Å². The van der Waals surface area contributed by atoms with Gasteiger partial charge in [0.25, 0.3) is 0 Å². The van der Waals surface area contributed by atoms with Crippen LogP contribution in [0.3, 0.4) is 0 Å². The predicted octanol–water partition coefficient (Wildman–Crippen LogP) is 1.67. The maximum atomic E-state index is 10.4. The Hall–Kier alpha value is -1.12. The summed E-state index contributed by atoms with van der Waals surface area (Å²) in [6.07, 6.45) is 3.47. The average Bonchev–Trinajstić information content (AvgIpc) is 2.50. The summed E-state index contributed by atoms with van der Waals surface area (Å²) >= 11 is 0. The Morgan fingerprint density at radius 1 is 1.82 bits per heavy atom. The van der Waals surface area contributed by atoms with E-state index >= 15 is 0 Å². The van der Waals surface area contributed by atoms with Crippen molar-refractivity contribution in [2.75, 3.05) is 0 Å². The third-order valence-electron chi connectivity index (χ3n) is 1.83. The van der Waals surface area contributed by atoms with Crippen molar-refractivity contribution in [1.29, 1.82) is 0 Å². The molecule has 0 saturated heterocycles. The van der Waals surface area contributed by atoms with Crippen LogP contribution in [0.4, 0.5) is 0 Å². The second-order valence-corrected chi connectivity index (χ2v) is 2.58. The third kappa shape index (κ3) is 1.48. The summed E-state index contributed by atoms with van der Waals surface area (Å²) < 4.78 is 1.74. The molecule has 1 rings (SSSR count). The molecular formula is C8H12N2O. The fourth-order valence-corrected chi connectivity index (χ4v) is 0.959. The Labute approximate surface area is 66.0 Å². The molecule has 0 fully saturated rings. The van der Waals surface area contributed by atoms with Crippen molar-refractivity contribution in [3.05, 3.63) is 18.0 Å². The minimum atomic E-state index is 0.310. The Kier molecular flexibility index (Phi) is 2.41. The monoisotopic (exact) mass is 152 g/mol. The van der Waals surface area contributed by atoms with Gasteiger partial charge in [-0.15, -0.1) is 0 Å². The first kappa shape index (κ1) is 7.98. The average molecular weight is 152 g/mol. The van der Waals surface area contributed by atoms with Crippen LogP contribution in [0.15, 0.2) is 12.3 Å². The Bertz CT molecular complexity index is 242. The number of aromatic nitrogens is 2. The number of carbonyl (C=O) groups excluding carboxylic acids is 1. The van der Waals surface area contributed by atoms with E-state index in [0.717, 1.165) is 12.7 Å². The molecule has 0 bridgehead atoms. The highest BCUT2D eigenvalue weighted by Crippen LogP contribution is 2.09. The lowest BCUT2D eigenvalue weighted by Crippen LogP contribution is -2.08. The summed E-state index contributed by atoms with van der Waals surface area (Å²) in [7, 11) is 0.